The van der Waals surface area contributed by atoms with Gasteiger partial charge >= 0.3 is 5.97 Å². The van der Waals surface area contributed by atoms with Crippen LogP contribution in [-0.2, 0) is 14.8 Å². The lowest BCUT2D eigenvalue weighted by molar-refractivity contribution is -0.137. The fraction of sp³-hybridized carbons (Fsp3) is 0.929. The SMILES string of the molecule is O=C(O)CCC1CCN(S(=O)(=O)C2CCCCC2)CC1. The number of carboxylic acids is 1. The first-order valence-corrected chi connectivity index (χ1v) is 9.21. The normalized spacial score (nSPS) is 23.8. The van der Waals surface area contributed by atoms with E-state index in [1.54, 1.807) is 4.31 Å². The van der Waals surface area contributed by atoms with Crippen molar-refractivity contribution in [1.29, 1.82) is 0 Å². The average Bonchev–Trinajstić information content (AvgIpc) is 2.46. The van der Waals surface area contributed by atoms with Crippen molar-refractivity contribution in [3.63, 3.8) is 0 Å². The molecule has 1 saturated carbocycles. The van der Waals surface area contributed by atoms with Crippen LogP contribution in [-0.4, -0.2) is 42.1 Å². The Morgan fingerprint density at radius 3 is 2.20 bits per heavy atom. The molecule has 1 heterocycles. The van der Waals surface area contributed by atoms with Crippen molar-refractivity contribution in [2.45, 2.75) is 63.0 Å². The Bertz CT molecular complexity index is 420. The number of hydrogen-bond donors (Lipinski definition) is 1. The molecule has 1 aliphatic carbocycles. The molecule has 5 nitrogen and oxygen atoms in total. The quantitative estimate of drug-likeness (QED) is 0.845. The summed E-state index contributed by atoms with van der Waals surface area (Å²) in [5.74, 6) is -0.397. The van der Waals surface area contributed by atoms with E-state index in [0.717, 1.165) is 44.9 Å². The summed E-state index contributed by atoms with van der Waals surface area (Å²) in [5, 5.41) is 8.52. The highest BCUT2D eigenvalue weighted by molar-refractivity contribution is 7.89. The molecule has 0 aromatic heterocycles. The van der Waals surface area contributed by atoms with Gasteiger partial charge in [-0.25, -0.2) is 12.7 Å². The molecule has 2 rings (SSSR count). The largest absolute Gasteiger partial charge is 0.481 e. The van der Waals surface area contributed by atoms with Gasteiger partial charge in [-0.05, 0) is 38.0 Å². The number of piperidine rings is 1. The lowest BCUT2D eigenvalue weighted by Gasteiger charge is -2.34. The Hall–Kier alpha value is -0.620. The molecule has 0 aromatic carbocycles. The van der Waals surface area contributed by atoms with Crippen LogP contribution in [0.1, 0.15) is 57.8 Å². The molecular weight excluding hydrogens is 278 g/mol. The number of carbonyl (C=O) groups is 1. The summed E-state index contributed by atoms with van der Waals surface area (Å²) in [6.45, 7) is 1.15. The lowest BCUT2D eigenvalue weighted by atomic mass is 9.93. The molecular formula is C14H25NO4S. The van der Waals surface area contributed by atoms with Crippen molar-refractivity contribution >= 4 is 16.0 Å². The summed E-state index contributed by atoms with van der Waals surface area (Å²) in [4.78, 5) is 10.6. The molecule has 2 aliphatic rings. The van der Waals surface area contributed by atoms with Crippen LogP contribution in [0.2, 0.25) is 0 Å². The van der Waals surface area contributed by atoms with Crippen LogP contribution in [0, 0.1) is 5.92 Å². The molecule has 0 aromatic rings. The number of nitrogens with zero attached hydrogens (tertiary/aromatic N) is 1. The molecule has 1 aliphatic heterocycles. The number of hydrogen-bond acceptors (Lipinski definition) is 3. The summed E-state index contributed by atoms with van der Waals surface area (Å²) in [6, 6.07) is 0. The van der Waals surface area contributed by atoms with Gasteiger partial charge in [-0.2, -0.15) is 0 Å². The summed E-state index contributed by atoms with van der Waals surface area (Å²) in [6.07, 6.45) is 7.30. The topological polar surface area (TPSA) is 74.7 Å². The number of aliphatic carboxylic acids is 1. The minimum atomic E-state index is -3.12. The Labute approximate surface area is 121 Å². The molecule has 0 spiro atoms. The van der Waals surface area contributed by atoms with Crippen LogP contribution in [0.25, 0.3) is 0 Å². The van der Waals surface area contributed by atoms with Crippen LogP contribution in [0.3, 0.4) is 0 Å². The molecule has 0 unspecified atom stereocenters. The summed E-state index contributed by atoms with van der Waals surface area (Å²) < 4.78 is 26.7. The average molecular weight is 303 g/mol. The van der Waals surface area contributed by atoms with Gasteiger partial charge in [0.25, 0.3) is 0 Å². The van der Waals surface area contributed by atoms with E-state index < -0.39 is 16.0 Å². The van der Waals surface area contributed by atoms with Crippen LogP contribution < -0.4 is 0 Å². The summed E-state index contributed by atoms with van der Waals surface area (Å²) in [7, 11) is -3.12. The van der Waals surface area contributed by atoms with E-state index in [4.69, 9.17) is 5.11 Å². The third kappa shape index (κ3) is 3.95. The first-order valence-electron chi connectivity index (χ1n) is 7.71. The standard InChI is InChI=1S/C14H25NO4S/c16-14(17)7-6-12-8-10-15(11-9-12)20(18,19)13-4-2-1-3-5-13/h12-13H,1-11H2,(H,16,17). The number of sulfonamides is 1. The molecule has 20 heavy (non-hydrogen) atoms. The van der Waals surface area contributed by atoms with Crippen molar-refractivity contribution in [2.24, 2.45) is 5.92 Å². The van der Waals surface area contributed by atoms with Crippen molar-refractivity contribution in [3.8, 4) is 0 Å². The minimum absolute atomic E-state index is 0.174. The zero-order chi connectivity index (χ0) is 14.6. The van der Waals surface area contributed by atoms with Crippen molar-refractivity contribution in [2.75, 3.05) is 13.1 Å². The Morgan fingerprint density at radius 1 is 1.05 bits per heavy atom. The van der Waals surface area contributed by atoms with Crippen LogP contribution in [0.5, 0.6) is 0 Å². The van der Waals surface area contributed by atoms with Gasteiger partial charge in [-0.1, -0.05) is 19.3 Å². The molecule has 0 atom stereocenters. The Morgan fingerprint density at radius 2 is 1.65 bits per heavy atom. The summed E-state index contributed by atoms with van der Waals surface area (Å²) >= 11 is 0. The van der Waals surface area contributed by atoms with Crippen LogP contribution in [0.4, 0.5) is 0 Å². The fourth-order valence-corrected chi connectivity index (χ4v) is 5.42. The third-order valence-electron chi connectivity index (χ3n) is 4.67. The van der Waals surface area contributed by atoms with Crippen LogP contribution >= 0.6 is 0 Å². The van der Waals surface area contributed by atoms with E-state index in [9.17, 15) is 13.2 Å². The van der Waals surface area contributed by atoms with Crippen molar-refractivity contribution < 1.29 is 18.3 Å². The van der Waals surface area contributed by atoms with Gasteiger partial charge < -0.3 is 5.11 Å². The number of rotatable bonds is 5. The van der Waals surface area contributed by atoms with Gasteiger partial charge in [0, 0.05) is 19.5 Å². The smallest absolute Gasteiger partial charge is 0.303 e. The number of carboxylic acid groups (broad SMARTS) is 1. The predicted octanol–water partition coefficient (Wildman–Crippen LogP) is 2.23. The maximum absolute atomic E-state index is 12.5. The zero-order valence-electron chi connectivity index (χ0n) is 12.0. The molecule has 0 radical (unpaired) electrons. The highest BCUT2D eigenvalue weighted by atomic mass is 32.2. The zero-order valence-corrected chi connectivity index (χ0v) is 12.8. The van der Waals surface area contributed by atoms with Crippen molar-refractivity contribution in [1.82, 2.24) is 4.31 Å². The first-order chi connectivity index (χ1) is 9.50. The van der Waals surface area contributed by atoms with Gasteiger partial charge in [-0.3, -0.25) is 4.79 Å². The molecule has 0 amide bonds. The van der Waals surface area contributed by atoms with Gasteiger partial charge in [-0.15, -0.1) is 0 Å². The second-order valence-corrected chi connectivity index (χ2v) is 8.29. The highest BCUT2D eigenvalue weighted by Crippen LogP contribution is 2.30. The van der Waals surface area contributed by atoms with E-state index in [2.05, 4.69) is 0 Å². The van der Waals surface area contributed by atoms with Gasteiger partial charge in [0.15, 0.2) is 0 Å². The molecule has 1 N–H and O–H groups in total. The lowest BCUT2D eigenvalue weighted by Crippen LogP contribution is -2.44. The second kappa shape index (κ2) is 6.89. The van der Waals surface area contributed by atoms with Gasteiger partial charge in [0.05, 0.1) is 5.25 Å². The minimum Gasteiger partial charge on any atom is -0.481 e. The third-order valence-corrected chi connectivity index (χ3v) is 7.07. The van der Waals surface area contributed by atoms with Crippen LogP contribution in [0.15, 0.2) is 0 Å². The van der Waals surface area contributed by atoms with Gasteiger partial charge in [0.1, 0.15) is 0 Å². The van der Waals surface area contributed by atoms with E-state index in [-0.39, 0.29) is 11.7 Å². The maximum atomic E-state index is 12.5. The second-order valence-electron chi connectivity index (χ2n) is 6.08. The Kier molecular flexibility index (Phi) is 5.43. The molecule has 116 valence electrons. The molecule has 1 saturated heterocycles. The molecule has 2 fully saturated rings. The maximum Gasteiger partial charge on any atom is 0.303 e. The summed E-state index contributed by atoms with van der Waals surface area (Å²) in [5.41, 5.74) is 0. The molecule has 0 bridgehead atoms. The van der Waals surface area contributed by atoms with Gasteiger partial charge in [0.2, 0.25) is 10.0 Å². The predicted molar refractivity (Wildman–Crippen MR) is 77.0 cm³/mol. The monoisotopic (exact) mass is 303 g/mol. The highest BCUT2D eigenvalue weighted by Gasteiger charge is 2.35. The van der Waals surface area contributed by atoms with E-state index in [0.29, 0.717) is 25.4 Å². The van der Waals surface area contributed by atoms with E-state index in [1.807, 2.05) is 0 Å². The molecule has 6 heteroatoms. The van der Waals surface area contributed by atoms with E-state index >= 15 is 0 Å². The first kappa shape index (κ1) is 15.8. The van der Waals surface area contributed by atoms with Crippen molar-refractivity contribution in [3.05, 3.63) is 0 Å². The van der Waals surface area contributed by atoms with E-state index in [1.165, 1.54) is 0 Å². The fourth-order valence-electron chi connectivity index (χ4n) is 3.35. The Balaban J connectivity index is 1.84.